The molecule has 146 valence electrons. The molecule has 4 rings (SSSR count). The Bertz CT molecular complexity index is 838. The van der Waals surface area contributed by atoms with Gasteiger partial charge in [-0.3, -0.25) is 4.79 Å². The van der Waals surface area contributed by atoms with Crippen molar-refractivity contribution in [1.29, 1.82) is 0 Å². The van der Waals surface area contributed by atoms with Crippen LogP contribution in [0, 0.1) is 0 Å². The van der Waals surface area contributed by atoms with Crippen LogP contribution in [0.25, 0.3) is 0 Å². The maximum absolute atomic E-state index is 11.5. The number of carbonyl (C=O) groups excluding carboxylic acids is 1. The number of hydrogen-bond acceptors (Lipinski definition) is 3. The Labute approximate surface area is 168 Å². The minimum absolute atomic E-state index is 0.322. The fourth-order valence-electron chi connectivity index (χ4n) is 3.77. The molecule has 0 radical (unpaired) electrons. The van der Waals surface area contributed by atoms with Gasteiger partial charge in [0.2, 0.25) is 0 Å². The molecule has 0 amide bonds. The van der Waals surface area contributed by atoms with Gasteiger partial charge in [-0.05, 0) is 56.1 Å². The topological polar surface area (TPSA) is 38.7 Å². The molecule has 0 N–H and O–H groups in total. The van der Waals surface area contributed by atoms with Crippen LogP contribution in [0.2, 0.25) is 0 Å². The summed E-state index contributed by atoms with van der Waals surface area (Å²) < 4.78 is 0. The van der Waals surface area contributed by atoms with Gasteiger partial charge in [0.25, 0.3) is 0 Å². The summed E-state index contributed by atoms with van der Waals surface area (Å²) in [5, 5.41) is 4.22. The second-order valence-electron chi connectivity index (χ2n) is 7.27. The highest BCUT2D eigenvalue weighted by Gasteiger charge is 2.14. The van der Waals surface area contributed by atoms with E-state index in [2.05, 4.69) is 42.1 Å². The van der Waals surface area contributed by atoms with E-state index < -0.39 is 0 Å². The first-order chi connectivity index (χ1) is 13.8. The molecule has 2 aromatic rings. The van der Waals surface area contributed by atoms with E-state index in [0.717, 1.165) is 49.8 Å². The molecule has 0 atom stereocenters. The van der Waals surface area contributed by atoms with Crippen LogP contribution >= 0.6 is 0 Å². The van der Waals surface area contributed by atoms with Crippen LogP contribution in [0.3, 0.4) is 0 Å². The second-order valence-corrected chi connectivity index (χ2v) is 7.27. The van der Waals surface area contributed by atoms with E-state index in [1.54, 1.807) is 6.08 Å². The Morgan fingerprint density at radius 1 is 0.821 bits per heavy atom. The van der Waals surface area contributed by atoms with Crippen molar-refractivity contribution in [2.45, 2.75) is 51.4 Å². The van der Waals surface area contributed by atoms with E-state index >= 15 is 0 Å². The second kappa shape index (κ2) is 10.6. The van der Waals surface area contributed by atoms with Crippen LogP contribution in [0.4, 0.5) is 0 Å². The highest BCUT2D eigenvalue weighted by atomic mass is 16.6. The van der Waals surface area contributed by atoms with Gasteiger partial charge in [0, 0.05) is 17.5 Å². The predicted octanol–water partition coefficient (Wildman–Crippen LogP) is 5.92. The molecule has 28 heavy (non-hydrogen) atoms. The van der Waals surface area contributed by atoms with E-state index in [1.807, 2.05) is 18.2 Å². The quantitative estimate of drug-likeness (QED) is 0.289. The number of aryl methyl sites for hydroxylation is 2. The fourth-order valence-corrected chi connectivity index (χ4v) is 3.77. The maximum atomic E-state index is 11.5. The summed E-state index contributed by atoms with van der Waals surface area (Å²) in [6, 6.07) is 16.4. The maximum Gasteiger partial charge on any atom is 0.163 e. The summed E-state index contributed by atoms with van der Waals surface area (Å²) in [4.78, 5) is 16.7. The number of Topliss-reactive ketones (excluding diaryl/α,β-unsaturated/α-hetero) is 1. The lowest BCUT2D eigenvalue weighted by Gasteiger charge is -2.06. The molecule has 0 aliphatic heterocycles. The molecule has 0 bridgehead atoms. The largest absolute Gasteiger partial charge is 0.391 e. The van der Waals surface area contributed by atoms with Gasteiger partial charge >= 0.3 is 0 Å². The van der Waals surface area contributed by atoms with Gasteiger partial charge in [-0.15, -0.1) is 0 Å². The zero-order valence-corrected chi connectivity index (χ0v) is 16.5. The Morgan fingerprint density at radius 2 is 1.39 bits per heavy atom. The number of ketones is 1. The van der Waals surface area contributed by atoms with Crippen LogP contribution in [0.1, 0.15) is 65.6 Å². The van der Waals surface area contributed by atoms with E-state index in [0.29, 0.717) is 12.4 Å². The van der Waals surface area contributed by atoms with Gasteiger partial charge in [0.15, 0.2) is 5.78 Å². The third-order valence-electron chi connectivity index (χ3n) is 5.22. The summed E-state index contributed by atoms with van der Waals surface area (Å²) in [6.07, 6.45) is 10.3. The molecule has 0 unspecified atom stereocenters. The normalized spacial score (nSPS) is 17.3. The molecule has 0 aromatic heterocycles. The van der Waals surface area contributed by atoms with Crippen LogP contribution in [0.15, 0.2) is 66.3 Å². The standard InChI is InChI=1S/C14H17NO.C11H12O/c1-2-11-16-15-14-10-6-4-8-12-7-3-5-9-13(12)14;12-11-8-4-2-6-9-5-1-3-7-10(9)11/h2-3,5,7,9H,1,4,6,8,10-11H2;1,3,5,7H,2,4,6,8H2/b15-14+;. The number of benzene rings is 2. The average Bonchev–Trinajstić information content (AvgIpc) is 3.05. The van der Waals surface area contributed by atoms with Gasteiger partial charge in [-0.2, -0.15) is 0 Å². The van der Waals surface area contributed by atoms with Crippen LogP contribution in [-0.4, -0.2) is 18.1 Å². The van der Waals surface area contributed by atoms with Crippen LogP contribution in [-0.2, 0) is 17.7 Å². The lowest BCUT2D eigenvalue weighted by Crippen LogP contribution is -2.03. The minimum atomic E-state index is 0.322. The van der Waals surface area contributed by atoms with Gasteiger partial charge in [0.1, 0.15) is 6.61 Å². The van der Waals surface area contributed by atoms with Crippen LogP contribution in [0.5, 0.6) is 0 Å². The first kappa shape index (κ1) is 20.1. The molecule has 3 nitrogen and oxygen atoms in total. The van der Waals surface area contributed by atoms with Crippen molar-refractivity contribution in [3.63, 3.8) is 0 Å². The molecule has 0 fully saturated rings. The Hall–Kier alpha value is -2.68. The summed E-state index contributed by atoms with van der Waals surface area (Å²) in [5.41, 5.74) is 5.91. The van der Waals surface area contributed by atoms with Crippen molar-refractivity contribution in [1.82, 2.24) is 0 Å². The Morgan fingerprint density at radius 3 is 2.11 bits per heavy atom. The van der Waals surface area contributed by atoms with Gasteiger partial charge in [-0.1, -0.05) is 66.3 Å². The van der Waals surface area contributed by atoms with E-state index in [1.165, 1.54) is 29.5 Å². The lowest BCUT2D eigenvalue weighted by atomic mass is 10.0. The third-order valence-corrected chi connectivity index (χ3v) is 5.22. The summed E-state index contributed by atoms with van der Waals surface area (Å²) in [5.74, 6) is 0.322. The van der Waals surface area contributed by atoms with Crippen LogP contribution < -0.4 is 0 Å². The van der Waals surface area contributed by atoms with Crippen molar-refractivity contribution in [2.75, 3.05) is 6.61 Å². The van der Waals surface area contributed by atoms with Gasteiger partial charge in [-0.25, -0.2) is 0 Å². The highest BCUT2D eigenvalue weighted by molar-refractivity contribution is 6.01. The molecule has 0 spiro atoms. The number of nitrogens with zero attached hydrogens (tertiary/aromatic N) is 1. The molecule has 0 saturated heterocycles. The molecule has 3 heteroatoms. The zero-order valence-electron chi connectivity index (χ0n) is 16.5. The summed E-state index contributed by atoms with van der Waals surface area (Å²) >= 11 is 0. The first-order valence-corrected chi connectivity index (χ1v) is 10.3. The molecule has 2 aromatic carbocycles. The van der Waals surface area contributed by atoms with Crippen molar-refractivity contribution >= 4 is 11.5 Å². The molecule has 2 aliphatic rings. The smallest absolute Gasteiger partial charge is 0.163 e. The number of carbonyl (C=O) groups is 1. The third kappa shape index (κ3) is 5.41. The number of hydrogen-bond donors (Lipinski definition) is 0. The number of oxime groups is 1. The predicted molar refractivity (Wildman–Crippen MR) is 115 cm³/mol. The molecular weight excluding hydrogens is 346 g/mol. The molecule has 0 saturated carbocycles. The molecular formula is C25H29NO2. The molecule has 2 aliphatic carbocycles. The monoisotopic (exact) mass is 375 g/mol. The highest BCUT2D eigenvalue weighted by Crippen LogP contribution is 2.21. The summed E-state index contributed by atoms with van der Waals surface area (Å²) in [6.45, 7) is 4.09. The SMILES string of the molecule is C=CCO/N=C1\CCCCc2ccccc21.O=C1CCCCc2ccccc21. The summed E-state index contributed by atoms with van der Waals surface area (Å²) in [7, 11) is 0. The Balaban J connectivity index is 0.000000167. The first-order valence-electron chi connectivity index (χ1n) is 10.3. The number of fused-ring (bicyclic) bond motifs is 2. The van der Waals surface area contributed by atoms with Gasteiger partial charge in [0.05, 0.1) is 5.71 Å². The molecule has 0 heterocycles. The average molecular weight is 376 g/mol. The Kier molecular flexibility index (Phi) is 7.60. The minimum Gasteiger partial charge on any atom is -0.391 e. The van der Waals surface area contributed by atoms with E-state index in [-0.39, 0.29) is 0 Å². The van der Waals surface area contributed by atoms with Crippen molar-refractivity contribution in [3.05, 3.63) is 83.4 Å². The van der Waals surface area contributed by atoms with Gasteiger partial charge < -0.3 is 4.84 Å². The van der Waals surface area contributed by atoms with Crippen molar-refractivity contribution in [2.24, 2.45) is 5.16 Å². The number of rotatable bonds is 3. The van der Waals surface area contributed by atoms with Crippen molar-refractivity contribution < 1.29 is 9.63 Å². The lowest BCUT2D eigenvalue weighted by molar-refractivity contribution is 0.0982. The van der Waals surface area contributed by atoms with Crippen molar-refractivity contribution in [3.8, 4) is 0 Å². The zero-order chi connectivity index (χ0) is 19.6. The van der Waals surface area contributed by atoms with E-state index in [4.69, 9.17) is 4.84 Å². The fraction of sp³-hybridized carbons (Fsp3) is 0.360. The van der Waals surface area contributed by atoms with E-state index in [9.17, 15) is 4.79 Å².